The molecule has 1 aliphatic carbocycles. The van der Waals surface area contributed by atoms with Crippen LogP contribution in [-0.2, 0) is 0 Å². The smallest absolute Gasteiger partial charge is 0.0499 e. The molecular weight excluding hydrogens is 312 g/mol. The van der Waals surface area contributed by atoms with Crippen molar-refractivity contribution in [3.63, 3.8) is 0 Å². The molecule has 4 atom stereocenters. The van der Waals surface area contributed by atoms with Crippen molar-refractivity contribution in [2.24, 2.45) is 17.6 Å². The number of hydrogen-bond acceptors (Lipinski definition) is 2. The van der Waals surface area contributed by atoms with Gasteiger partial charge in [-0.05, 0) is 48.8 Å². The molecule has 2 N–H and O–H groups in total. The summed E-state index contributed by atoms with van der Waals surface area (Å²) in [4.78, 5) is 2.66. The Balaban J connectivity index is 1.83. The summed E-state index contributed by atoms with van der Waals surface area (Å²) >= 11 is 3.60. The normalized spacial score (nSPS) is 29.4. The fraction of sp³-hybridized carbons (Fsp3) is 0.647. The van der Waals surface area contributed by atoms with Crippen LogP contribution < -0.4 is 5.73 Å². The highest BCUT2D eigenvalue weighted by atomic mass is 79.9. The van der Waals surface area contributed by atoms with Crippen LogP contribution >= 0.6 is 15.9 Å². The molecule has 0 bridgehead atoms. The summed E-state index contributed by atoms with van der Waals surface area (Å²) in [7, 11) is 0. The molecule has 1 saturated heterocycles. The second-order valence-electron chi connectivity index (χ2n) is 6.48. The van der Waals surface area contributed by atoms with Crippen molar-refractivity contribution in [1.82, 2.24) is 4.90 Å². The molecule has 2 fully saturated rings. The molecule has 1 aromatic rings. The van der Waals surface area contributed by atoms with Crippen LogP contribution in [0.1, 0.15) is 44.2 Å². The standard InChI is InChI=1S/C17H25BrN2/c1-2-16(19)17(12-5-4-8-15(18)9-12)20-10-13-6-3-7-14(13)11-20/h4-5,8-9,13-14,16-17H,2-3,6-7,10-11,19H2,1H3. The van der Waals surface area contributed by atoms with Gasteiger partial charge in [0.25, 0.3) is 0 Å². The van der Waals surface area contributed by atoms with Gasteiger partial charge in [0.1, 0.15) is 0 Å². The van der Waals surface area contributed by atoms with E-state index in [1.165, 1.54) is 37.9 Å². The molecule has 0 radical (unpaired) electrons. The van der Waals surface area contributed by atoms with Crippen LogP contribution in [-0.4, -0.2) is 24.0 Å². The van der Waals surface area contributed by atoms with Gasteiger partial charge >= 0.3 is 0 Å². The van der Waals surface area contributed by atoms with Crippen LogP contribution in [0.4, 0.5) is 0 Å². The third-order valence-electron chi connectivity index (χ3n) is 5.22. The SMILES string of the molecule is CCC(N)C(c1cccc(Br)c1)N1CC2CCCC2C1. The number of benzene rings is 1. The van der Waals surface area contributed by atoms with Gasteiger partial charge in [0.15, 0.2) is 0 Å². The van der Waals surface area contributed by atoms with E-state index in [9.17, 15) is 0 Å². The van der Waals surface area contributed by atoms with Crippen LogP contribution in [0.3, 0.4) is 0 Å². The lowest BCUT2D eigenvalue weighted by molar-refractivity contribution is 0.194. The molecule has 110 valence electrons. The van der Waals surface area contributed by atoms with Crippen LogP contribution in [0.15, 0.2) is 28.7 Å². The van der Waals surface area contributed by atoms with E-state index >= 15 is 0 Å². The highest BCUT2D eigenvalue weighted by molar-refractivity contribution is 9.10. The van der Waals surface area contributed by atoms with E-state index < -0.39 is 0 Å². The number of hydrogen-bond donors (Lipinski definition) is 1. The lowest BCUT2D eigenvalue weighted by Crippen LogP contribution is -2.40. The van der Waals surface area contributed by atoms with E-state index in [2.05, 4.69) is 52.0 Å². The fourth-order valence-electron chi connectivity index (χ4n) is 4.14. The lowest BCUT2D eigenvalue weighted by atomic mass is 9.96. The molecule has 0 spiro atoms. The largest absolute Gasteiger partial charge is 0.326 e. The second-order valence-corrected chi connectivity index (χ2v) is 7.39. The van der Waals surface area contributed by atoms with E-state index in [1.54, 1.807) is 0 Å². The first-order valence-corrected chi connectivity index (χ1v) is 8.73. The Morgan fingerprint density at radius 2 is 2.00 bits per heavy atom. The molecule has 2 aliphatic rings. The maximum absolute atomic E-state index is 6.47. The average Bonchev–Trinajstić information content (AvgIpc) is 3.00. The van der Waals surface area contributed by atoms with Gasteiger partial charge in [0.05, 0.1) is 0 Å². The number of rotatable bonds is 4. The van der Waals surface area contributed by atoms with Gasteiger partial charge in [-0.2, -0.15) is 0 Å². The Morgan fingerprint density at radius 1 is 1.30 bits per heavy atom. The van der Waals surface area contributed by atoms with E-state index in [-0.39, 0.29) is 6.04 Å². The minimum absolute atomic E-state index is 0.225. The Hall–Kier alpha value is -0.380. The topological polar surface area (TPSA) is 29.3 Å². The van der Waals surface area contributed by atoms with Gasteiger partial charge in [-0.25, -0.2) is 0 Å². The molecule has 20 heavy (non-hydrogen) atoms. The Kier molecular flexibility index (Phi) is 4.49. The third-order valence-corrected chi connectivity index (χ3v) is 5.71. The fourth-order valence-corrected chi connectivity index (χ4v) is 4.56. The molecule has 4 unspecified atom stereocenters. The minimum atomic E-state index is 0.225. The quantitative estimate of drug-likeness (QED) is 0.901. The van der Waals surface area contributed by atoms with Gasteiger partial charge in [-0.3, -0.25) is 4.90 Å². The summed E-state index contributed by atoms with van der Waals surface area (Å²) in [6, 6.07) is 9.31. The maximum atomic E-state index is 6.47. The van der Waals surface area contributed by atoms with Crippen LogP contribution in [0.5, 0.6) is 0 Å². The number of nitrogens with two attached hydrogens (primary N) is 1. The highest BCUT2D eigenvalue weighted by Gasteiger charge is 2.40. The summed E-state index contributed by atoms with van der Waals surface area (Å²) in [5.41, 5.74) is 7.84. The Morgan fingerprint density at radius 3 is 2.60 bits per heavy atom. The Bertz CT molecular complexity index is 450. The van der Waals surface area contributed by atoms with Crippen LogP contribution in [0.2, 0.25) is 0 Å². The first-order chi connectivity index (χ1) is 9.69. The summed E-state index contributed by atoms with van der Waals surface area (Å²) in [6.07, 6.45) is 5.31. The average molecular weight is 337 g/mol. The predicted molar refractivity (Wildman–Crippen MR) is 87.6 cm³/mol. The van der Waals surface area contributed by atoms with E-state index in [0.717, 1.165) is 22.7 Å². The molecule has 1 saturated carbocycles. The molecule has 2 nitrogen and oxygen atoms in total. The lowest BCUT2D eigenvalue weighted by Gasteiger charge is -2.33. The summed E-state index contributed by atoms with van der Waals surface area (Å²) < 4.78 is 1.16. The van der Waals surface area contributed by atoms with Crippen molar-refractivity contribution in [3.05, 3.63) is 34.3 Å². The number of nitrogens with zero attached hydrogens (tertiary/aromatic N) is 1. The number of halogens is 1. The van der Waals surface area contributed by atoms with Crippen molar-refractivity contribution < 1.29 is 0 Å². The molecule has 0 amide bonds. The number of likely N-dealkylation sites (tertiary alicyclic amines) is 1. The van der Waals surface area contributed by atoms with E-state index in [1.807, 2.05) is 0 Å². The minimum Gasteiger partial charge on any atom is -0.326 e. The zero-order valence-electron chi connectivity index (χ0n) is 12.3. The summed E-state index contributed by atoms with van der Waals surface area (Å²) in [6.45, 7) is 4.69. The molecule has 1 aliphatic heterocycles. The zero-order valence-corrected chi connectivity index (χ0v) is 13.8. The maximum Gasteiger partial charge on any atom is 0.0499 e. The number of fused-ring (bicyclic) bond motifs is 1. The monoisotopic (exact) mass is 336 g/mol. The summed E-state index contributed by atoms with van der Waals surface area (Å²) in [5.74, 6) is 1.85. The molecule has 0 aromatic heterocycles. The van der Waals surface area contributed by atoms with Crippen LogP contribution in [0.25, 0.3) is 0 Å². The van der Waals surface area contributed by atoms with Gasteiger partial charge in [-0.1, -0.05) is 41.4 Å². The second kappa shape index (κ2) is 6.17. The van der Waals surface area contributed by atoms with E-state index in [0.29, 0.717) is 6.04 Å². The predicted octanol–water partition coefficient (Wildman–Crippen LogP) is 3.96. The molecule has 3 heteroatoms. The van der Waals surface area contributed by atoms with Gasteiger partial charge in [-0.15, -0.1) is 0 Å². The first-order valence-electron chi connectivity index (χ1n) is 7.94. The van der Waals surface area contributed by atoms with E-state index in [4.69, 9.17) is 5.73 Å². The van der Waals surface area contributed by atoms with Crippen LogP contribution in [0, 0.1) is 11.8 Å². The molecule has 1 heterocycles. The van der Waals surface area contributed by atoms with Gasteiger partial charge in [0, 0.05) is 29.6 Å². The third kappa shape index (κ3) is 2.81. The molecular formula is C17H25BrN2. The van der Waals surface area contributed by atoms with Gasteiger partial charge < -0.3 is 5.73 Å². The molecule has 3 rings (SSSR count). The summed E-state index contributed by atoms with van der Waals surface area (Å²) in [5, 5.41) is 0. The highest BCUT2D eigenvalue weighted by Crippen LogP contribution is 2.42. The first kappa shape index (κ1) is 14.6. The zero-order chi connectivity index (χ0) is 14.1. The van der Waals surface area contributed by atoms with Crippen molar-refractivity contribution in [1.29, 1.82) is 0 Å². The van der Waals surface area contributed by atoms with Crippen molar-refractivity contribution in [3.8, 4) is 0 Å². The Labute approximate surface area is 130 Å². The van der Waals surface area contributed by atoms with Crippen molar-refractivity contribution >= 4 is 15.9 Å². The molecule has 1 aromatic carbocycles. The van der Waals surface area contributed by atoms with Gasteiger partial charge in [0.2, 0.25) is 0 Å². The van der Waals surface area contributed by atoms with Crippen molar-refractivity contribution in [2.75, 3.05) is 13.1 Å². The van der Waals surface area contributed by atoms with Crippen molar-refractivity contribution in [2.45, 2.75) is 44.7 Å².